The van der Waals surface area contributed by atoms with Crippen LogP contribution in [-0.4, -0.2) is 54.4 Å². The number of carbonyl (C=O) groups excluding carboxylic acids is 4. The highest BCUT2D eigenvalue weighted by molar-refractivity contribution is 9.11. The molecule has 0 aromatic heterocycles. The fourth-order valence-corrected chi connectivity index (χ4v) is 8.10. The fraction of sp³-hybridized carbons (Fsp3) is 0.368. The Morgan fingerprint density at radius 1 is 0.674 bits per heavy atom. The molecule has 0 aliphatic heterocycles. The first kappa shape index (κ1) is 34.0. The Hall–Kier alpha value is -3.36. The van der Waals surface area contributed by atoms with Gasteiger partial charge in [-0.15, -0.1) is 0 Å². The topological polar surface area (TPSA) is 74.8 Å². The maximum Gasteiger partial charge on any atom is 0.260 e. The fourth-order valence-electron chi connectivity index (χ4n) is 6.80. The van der Waals surface area contributed by atoms with Gasteiger partial charge in [-0.1, -0.05) is 102 Å². The van der Waals surface area contributed by atoms with Crippen LogP contribution < -0.4 is 0 Å². The Morgan fingerprint density at radius 2 is 1.28 bits per heavy atom. The number of nitrogens with zero attached hydrogens (tertiary/aromatic N) is 2. The summed E-state index contributed by atoms with van der Waals surface area (Å²) in [5.41, 5.74) is 2.32. The van der Waals surface area contributed by atoms with E-state index in [9.17, 15) is 19.2 Å². The lowest BCUT2D eigenvalue weighted by Crippen LogP contribution is -2.30. The number of fused-ring (bicyclic) bond motifs is 2. The molecule has 6 nitrogen and oxygen atoms in total. The van der Waals surface area contributed by atoms with Crippen molar-refractivity contribution >= 4 is 99.5 Å². The Kier molecular flexibility index (Phi) is 10.8. The van der Waals surface area contributed by atoms with Crippen molar-refractivity contribution in [2.24, 2.45) is 0 Å². The van der Waals surface area contributed by atoms with Crippen LogP contribution >= 0.6 is 31.9 Å². The van der Waals surface area contributed by atoms with E-state index in [-0.39, 0.29) is 11.8 Å². The molecule has 0 fully saturated rings. The van der Waals surface area contributed by atoms with Crippen molar-refractivity contribution in [2.45, 2.75) is 72.1 Å². The monoisotopic (exact) mass is 746 g/mol. The van der Waals surface area contributed by atoms with Crippen LogP contribution in [0.15, 0.2) is 45.3 Å². The van der Waals surface area contributed by atoms with Crippen molar-refractivity contribution in [2.75, 3.05) is 20.1 Å². The largest absolute Gasteiger partial charge is 0.342 e. The molecular formula is C38H40Br2N2O4. The molecule has 5 rings (SSSR count). The predicted molar refractivity (Wildman–Crippen MR) is 196 cm³/mol. The molecule has 240 valence electrons. The Bertz CT molecular complexity index is 1950. The zero-order valence-electron chi connectivity index (χ0n) is 27.0. The third kappa shape index (κ3) is 6.06. The summed E-state index contributed by atoms with van der Waals surface area (Å²) in [6.07, 6.45) is 9.54. The molecule has 0 spiro atoms. The van der Waals surface area contributed by atoms with Crippen LogP contribution in [0.1, 0.15) is 102 Å². The van der Waals surface area contributed by atoms with Gasteiger partial charge in [-0.25, -0.2) is 0 Å². The number of rotatable bonds is 14. The van der Waals surface area contributed by atoms with Gasteiger partial charge in [-0.05, 0) is 65.1 Å². The van der Waals surface area contributed by atoms with Gasteiger partial charge in [-0.2, -0.15) is 0 Å². The number of halogens is 2. The first-order chi connectivity index (χ1) is 22.2. The maximum absolute atomic E-state index is 14.0. The minimum Gasteiger partial charge on any atom is -0.342 e. The van der Waals surface area contributed by atoms with Crippen molar-refractivity contribution in [3.8, 4) is 0 Å². The highest BCUT2D eigenvalue weighted by atomic mass is 79.9. The number of imide groups is 1. The van der Waals surface area contributed by atoms with Crippen molar-refractivity contribution < 1.29 is 19.2 Å². The number of aldehydes is 1. The average Bonchev–Trinajstić information content (AvgIpc) is 3.06. The summed E-state index contributed by atoms with van der Waals surface area (Å²) < 4.78 is 1.46. The van der Waals surface area contributed by atoms with Gasteiger partial charge in [0.05, 0.1) is 0 Å². The minimum atomic E-state index is -0.313. The van der Waals surface area contributed by atoms with Gasteiger partial charge in [0.15, 0.2) is 6.29 Å². The molecule has 0 radical (unpaired) electrons. The molecule has 0 atom stereocenters. The molecule has 0 heterocycles. The normalized spacial score (nSPS) is 11.6. The van der Waals surface area contributed by atoms with Gasteiger partial charge in [-0.3, -0.25) is 24.1 Å². The molecule has 8 heteroatoms. The molecule has 0 bridgehead atoms. The molecule has 3 amide bonds. The standard InChI is InChI=1S/C38H40Br2N2O4/c1-5-7-9-11-17-41(4)37(45)28-20-30(40)35-25-14-13-23(3)31-27(38(46)42(22-44)18-12-10-8-6-2)16-15-26(33(25)31)34-29(39)19-24(21-43)32(28)36(34)35/h13-16,19-22H,5-12,17-18H2,1-4H3. The number of aryl methyl sites for hydroxylation is 1. The van der Waals surface area contributed by atoms with E-state index >= 15 is 0 Å². The van der Waals surface area contributed by atoms with Crippen molar-refractivity contribution in [3.63, 3.8) is 0 Å². The summed E-state index contributed by atoms with van der Waals surface area (Å²) in [7, 11) is 1.82. The van der Waals surface area contributed by atoms with Crippen molar-refractivity contribution in [1.82, 2.24) is 9.80 Å². The van der Waals surface area contributed by atoms with E-state index in [0.29, 0.717) is 41.6 Å². The molecule has 46 heavy (non-hydrogen) atoms. The molecule has 0 saturated carbocycles. The lowest BCUT2D eigenvalue weighted by Gasteiger charge is -2.24. The zero-order valence-corrected chi connectivity index (χ0v) is 30.1. The second-order valence-electron chi connectivity index (χ2n) is 12.3. The molecule has 0 saturated heterocycles. The number of carbonyl (C=O) groups is 4. The van der Waals surface area contributed by atoms with Crippen LogP contribution in [0.25, 0.3) is 43.1 Å². The Labute approximate surface area is 287 Å². The Morgan fingerprint density at radius 3 is 1.89 bits per heavy atom. The lowest BCUT2D eigenvalue weighted by molar-refractivity contribution is -0.116. The van der Waals surface area contributed by atoms with E-state index in [4.69, 9.17) is 0 Å². The zero-order chi connectivity index (χ0) is 33.1. The van der Waals surface area contributed by atoms with E-state index < -0.39 is 0 Å². The lowest BCUT2D eigenvalue weighted by atomic mass is 9.84. The van der Waals surface area contributed by atoms with Crippen LogP contribution in [0, 0.1) is 6.92 Å². The molecule has 0 unspecified atom stereocenters. The minimum absolute atomic E-state index is 0.131. The smallest absolute Gasteiger partial charge is 0.260 e. The molecule has 5 aromatic rings. The highest BCUT2D eigenvalue weighted by Gasteiger charge is 2.27. The first-order valence-corrected chi connectivity index (χ1v) is 17.8. The second kappa shape index (κ2) is 14.6. The summed E-state index contributed by atoms with van der Waals surface area (Å²) >= 11 is 7.59. The van der Waals surface area contributed by atoms with Gasteiger partial charge in [0, 0.05) is 67.3 Å². The predicted octanol–water partition coefficient (Wildman–Crippen LogP) is 10.2. The first-order valence-electron chi connectivity index (χ1n) is 16.2. The van der Waals surface area contributed by atoms with Crippen LogP contribution in [-0.2, 0) is 4.79 Å². The van der Waals surface area contributed by atoms with Gasteiger partial charge in [0.2, 0.25) is 6.41 Å². The third-order valence-corrected chi connectivity index (χ3v) is 10.4. The van der Waals surface area contributed by atoms with Gasteiger partial charge in [0.1, 0.15) is 0 Å². The van der Waals surface area contributed by atoms with Crippen LogP contribution in [0.4, 0.5) is 0 Å². The van der Waals surface area contributed by atoms with E-state index in [0.717, 1.165) is 110 Å². The summed E-state index contributed by atoms with van der Waals surface area (Å²) in [5.74, 6) is -0.444. The molecule has 0 aliphatic rings. The van der Waals surface area contributed by atoms with E-state index in [1.54, 1.807) is 11.0 Å². The third-order valence-electron chi connectivity index (χ3n) is 9.17. The van der Waals surface area contributed by atoms with Gasteiger partial charge in [0.25, 0.3) is 11.8 Å². The SMILES string of the molecule is CCCCCCN(C)C(=O)c1cc(Br)c2c3ccc(C)c4c(C(=O)N(C=O)CCCCCC)ccc(c5c(Br)cc(C=O)c1c52)c43. The maximum atomic E-state index is 14.0. The van der Waals surface area contributed by atoms with Crippen LogP contribution in [0.3, 0.4) is 0 Å². The molecule has 0 aliphatic carbocycles. The summed E-state index contributed by atoms with van der Waals surface area (Å²) in [4.78, 5) is 55.5. The quantitative estimate of drug-likeness (QED) is 0.0491. The van der Waals surface area contributed by atoms with Gasteiger partial charge < -0.3 is 4.90 Å². The summed E-state index contributed by atoms with van der Waals surface area (Å²) in [6.45, 7) is 7.28. The highest BCUT2D eigenvalue weighted by Crippen LogP contribution is 2.48. The van der Waals surface area contributed by atoms with Crippen LogP contribution in [0.5, 0.6) is 0 Å². The molecule has 0 N–H and O–H groups in total. The summed E-state index contributed by atoms with van der Waals surface area (Å²) in [5, 5.41) is 6.67. The van der Waals surface area contributed by atoms with E-state index in [1.165, 1.54) is 4.90 Å². The second-order valence-corrected chi connectivity index (χ2v) is 14.0. The Balaban J connectivity index is 1.78. The number of amides is 3. The molecule has 5 aromatic carbocycles. The number of hydrogen-bond donors (Lipinski definition) is 0. The molecular weight excluding hydrogens is 708 g/mol. The number of unbranched alkanes of at least 4 members (excludes halogenated alkanes) is 6. The van der Waals surface area contributed by atoms with Crippen molar-refractivity contribution in [3.05, 3.63) is 67.6 Å². The van der Waals surface area contributed by atoms with E-state index in [2.05, 4.69) is 45.7 Å². The summed E-state index contributed by atoms with van der Waals surface area (Å²) in [6, 6.07) is 11.4. The number of hydrogen-bond acceptors (Lipinski definition) is 4. The van der Waals surface area contributed by atoms with E-state index in [1.807, 2.05) is 44.3 Å². The van der Waals surface area contributed by atoms with Crippen molar-refractivity contribution in [1.29, 1.82) is 0 Å². The average molecular weight is 749 g/mol. The number of benzene rings is 5. The van der Waals surface area contributed by atoms with Crippen LogP contribution in [0.2, 0.25) is 0 Å². The van der Waals surface area contributed by atoms with Gasteiger partial charge >= 0.3 is 0 Å².